The number of likely N-dealkylation sites (tertiary alicyclic amines) is 1. The van der Waals surface area contributed by atoms with E-state index in [9.17, 15) is 22.4 Å². The van der Waals surface area contributed by atoms with Crippen molar-refractivity contribution < 1.29 is 22.4 Å². The molecule has 4 heterocycles. The molecule has 43 heavy (non-hydrogen) atoms. The zero-order valence-corrected chi connectivity index (χ0v) is 24.5. The fourth-order valence-corrected chi connectivity index (χ4v) is 6.79. The number of hydrogen-bond acceptors (Lipinski definition) is 4. The van der Waals surface area contributed by atoms with E-state index in [0.29, 0.717) is 50.5 Å². The summed E-state index contributed by atoms with van der Waals surface area (Å²) in [5.74, 6) is 0.167. The maximum absolute atomic E-state index is 14.7. The Balaban J connectivity index is 1.25. The van der Waals surface area contributed by atoms with E-state index in [1.165, 1.54) is 42.4 Å². The second kappa shape index (κ2) is 12.2. The average molecular weight is 599 g/mol. The van der Waals surface area contributed by atoms with Crippen LogP contribution in [0.2, 0.25) is 0 Å². The summed E-state index contributed by atoms with van der Waals surface area (Å²) >= 11 is 0. The van der Waals surface area contributed by atoms with Gasteiger partial charge < -0.3 is 14.7 Å². The summed E-state index contributed by atoms with van der Waals surface area (Å²) in [5, 5.41) is 4.74. The molecule has 3 aliphatic rings. The Morgan fingerprint density at radius 2 is 1.67 bits per heavy atom. The number of amides is 2. The first-order valence-electron chi connectivity index (χ1n) is 15.2. The molecule has 2 saturated heterocycles. The van der Waals surface area contributed by atoms with Crippen molar-refractivity contribution in [2.75, 3.05) is 42.5 Å². The predicted molar refractivity (Wildman–Crippen MR) is 157 cm³/mol. The van der Waals surface area contributed by atoms with Gasteiger partial charge in [0.05, 0.1) is 30.9 Å². The molecular weight excluding hydrogens is 560 g/mol. The second-order valence-electron chi connectivity index (χ2n) is 11.9. The molecule has 11 heteroatoms. The number of piperidine rings is 2. The van der Waals surface area contributed by atoms with Crippen molar-refractivity contribution in [3.8, 4) is 0 Å². The van der Waals surface area contributed by atoms with Crippen LogP contribution in [0.25, 0.3) is 0 Å². The van der Waals surface area contributed by atoms with Crippen LogP contribution < -0.4 is 9.80 Å². The Morgan fingerprint density at radius 1 is 0.930 bits per heavy atom. The largest absolute Gasteiger partial charge is 0.416 e. The highest BCUT2D eigenvalue weighted by Gasteiger charge is 2.40. The number of rotatable bonds is 7. The van der Waals surface area contributed by atoms with Gasteiger partial charge in [0.2, 0.25) is 0 Å². The number of alkyl halides is 3. The number of carbonyl (C=O) groups excluding carboxylic acids is 1. The van der Waals surface area contributed by atoms with Crippen LogP contribution in [0.4, 0.5) is 33.9 Å². The summed E-state index contributed by atoms with van der Waals surface area (Å²) in [5.41, 5.74) is 1.57. The van der Waals surface area contributed by atoms with Crippen molar-refractivity contribution in [1.82, 2.24) is 19.6 Å². The molecule has 0 radical (unpaired) electrons. The first-order valence-corrected chi connectivity index (χ1v) is 15.2. The third kappa shape index (κ3) is 6.23. The molecule has 2 amide bonds. The number of aromatic nitrogens is 2. The lowest BCUT2D eigenvalue weighted by molar-refractivity contribution is -0.138. The predicted octanol–water partition coefficient (Wildman–Crippen LogP) is 6.45. The lowest BCUT2D eigenvalue weighted by atomic mass is 10.00. The van der Waals surface area contributed by atoms with Gasteiger partial charge in [-0.05, 0) is 69.0 Å². The number of hydrogen-bond donors (Lipinski definition) is 0. The summed E-state index contributed by atoms with van der Waals surface area (Å²) in [6.45, 7) is 6.76. The Kier molecular flexibility index (Phi) is 8.35. The van der Waals surface area contributed by atoms with E-state index in [1.54, 1.807) is 17.0 Å². The summed E-state index contributed by atoms with van der Waals surface area (Å²) in [6, 6.07) is 9.99. The van der Waals surface area contributed by atoms with Crippen molar-refractivity contribution in [3.05, 3.63) is 76.7 Å². The van der Waals surface area contributed by atoms with Crippen LogP contribution in [0.1, 0.15) is 54.4 Å². The van der Waals surface area contributed by atoms with Crippen molar-refractivity contribution >= 4 is 17.5 Å². The summed E-state index contributed by atoms with van der Waals surface area (Å²) in [6.07, 6.45) is 2.28. The fourth-order valence-electron chi connectivity index (χ4n) is 6.79. The molecule has 3 aromatic rings. The average Bonchev–Trinajstić information content (AvgIpc) is 3.41. The third-order valence-electron chi connectivity index (χ3n) is 9.04. The zero-order valence-electron chi connectivity index (χ0n) is 24.5. The number of benzene rings is 2. The van der Waals surface area contributed by atoms with Crippen LogP contribution in [-0.4, -0.2) is 64.4 Å². The van der Waals surface area contributed by atoms with Crippen molar-refractivity contribution in [3.63, 3.8) is 0 Å². The van der Waals surface area contributed by atoms with E-state index in [-0.39, 0.29) is 30.0 Å². The molecular formula is C32H38F4N6O. The first-order chi connectivity index (χ1) is 20.7. The van der Waals surface area contributed by atoms with E-state index in [0.717, 1.165) is 36.8 Å². The SMILES string of the molecule is Cc1cccc(F)c1N1CCC(N2Cc3cn(CCN4CCCCC4)nc3N(Cc3ccccc3C(F)(F)F)C2=O)CC1. The maximum atomic E-state index is 14.7. The van der Waals surface area contributed by atoms with Gasteiger partial charge >= 0.3 is 12.2 Å². The van der Waals surface area contributed by atoms with Crippen LogP contribution in [0.5, 0.6) is 0 Å². The maximum Gasteiger partial charge on any atom is 0.416 e. The molecule has 2 fully saturated rings. The van der Waals surface area contributed by atoms with Crippen LogP contribution >= 0.6 is 0 Å². The summed E-state index contributed by atoms with van der Waals surface area (Å²) in [4.78, 5) is 21.7. The molecule has 0 spiro atoms. The minimum Gasteiger partial charge on any atom is -0.369 e. The standard InChI is InChI=1S/C32H38F4N6O/c1-23-8-7-11-28(33)29(23)39-16-12-26(13-17-39)41-22-25-20-40(19-18-38-14-5-2-6-15-38)37-30(25)42(31(41)43)21-24-9-3-4-10-27(24)32(34,35)36/h3-4,7-11,20,26H,2,5-6,12-19,21-22H2,1H3. The van der Waals surface area contributed by atoms with E-state index in [4.69, 9.17) is 5.10 Å². The quantitative estimate of drug-likeness (QED) is 0.294. The highest BCUT2D eigenvalue weighted by atomic mass is 19.4. The molecule has 2 aromatic carbocycles. The Hall–Kier alpha value is -3.60. The van der Waals surface area contributed by atoms with Gasteiger partial charge in [-0.25, -0.2) is 9.18 Å². The lowest BCUT2D eigenvalue weighted by Crippen LogP contribution is -2.54. The highest BCUT2D eigenvalue weighted by molar-refractivity contribution is 5.94. The monoisotopic (exact) mass is 598 g/mol. The van der Waals surface area contributed by atoms with Gasteiger partial charge in [-0.2, -0.15) is 18.3 Å². The van der Waals surface area contributed by atoms with Crippen molar-refractivity contribution in [2.24, 2.45) is 0 Å². The molecule has 0 bridgehead atoms. The van der Waals surface area contributed by atoms with Crippen LogP contribution in [-0.2, 0) is 25.8 Å². The van der Waals surface area contributed by atoms with Gasteiger partial charge in [-0.1, -0.05) is 36.8 Å². The normalized spacial score (nSPS) is 18.8. The van der Waals surface area contributed by atoms with Gasteiger partial charge in [0, 0.05) is 37.4 Å². The molecule has 6 rings (SSSR count). The summed E-state index contributed by atoms with van der Waals surface area (Å²) < 4.78 is 58.2. The Bertz CT molecular complexity index is 1420. The first kappa shape index (κ1) is 29.5. The zero-order chi connectivity index (χ0) is 30.1. The Labute approximate surface area is 249 Å². The van der Waals surface area contributed by atoms with E-state index in [1.807, 2.05) is 28.8 Å². The molecule has 0 N–H and O–H groups in total. The number of halogens is 4. The molecule has 1 aromatic heterocycles. The van der Waals surface area contributed by atoms with Gasteiger partial charge in [0.1, 0.15) is 5.82 Å². The smallest absolute Gasteiger partial charge is 0.369 e. The number of carbonyl (C=O) groups is 1. The molecule has 230 valence electrons. The van der Waals surface area contributed by atoms with E-state index >= 15 is 0 Å². The molecule has 7 nitrogen and oxygen atoms in total. The van der Waals surface area contributed by atoms with Crippen LogP contribution in [0.15, 0.2) is 48.7 Å². The minimum atomic E-state index is -4.54. The van der Waals surface area contributed by atoms with Gasteiger partial charge in [0.15, 0.2) is 5.82 Å². The molecule has 0 saturated carbocycles. The lowest BCUT2D eigenvalue weighted by Gasteiger charge is -2.43. The second-order valence-corrected chi connectivity index (χ2v) is 11.9. The van der Waals surface area contributed by atoms with Gasteiger partial charge in [0.25, 0.3) is 0 Å². The van der Waals surface area contributed by atoms with E-state index in [2.05, 4.69) is 4.90 Å². The fraction of sp³-hybridized carbons (Fsp3) is 0.500. The molecule has 0 aliphatic carbocycles. The van der Waals surface area contributed by atoms with Gasteiger partial charge in [-0.3, -0.25) is 9.58 Å². The Morgan fingerprint density at radius 3 is 2.40 bits per heavy atom. The minimum absolute atomic E-state index is 0.0314. The van der Waals surface area contributed by atoms with E-state index < -0.39 is 11.7 Å². The number of urea groups is 1. The number of para-hydroxylation sites is 1. The topological polar surface area (TPSA) is 47.9 Å². The summed E-state index contributed by atoms with van der Waals surface area (Å²) in [7, 11) is 0. The molecule has 3 aliphatic heterocycles. The van der Waals surface area contributed by atoms with Crippen molar-refractivity contribution in [1.29, 1.82) is 0 Å². The van der Waals surface area contributed by atoms with Crippen LogP contribution in [0, 0.1) is 12.7 Å². The van der Waals surface area contributed by atoms with Crippen LogP contribution in [0.3, 0.4) is 0 Å². The third-order valence-corrected chi connectivity index (χ3v) is 9.04. The molecule has 0 atom stereocenters. The highest BCUT2D eigenvalue weighted by Crippen LogP contribution is 2.37. The van der Waals surface area contributed by atoms with Gasteiger partial charge in [-0.15, -0.1) is 0 Å². The number of nitrogens with zero attached hydrogens (tertiary/aromatic N) is 6. The number of fused-ring (bicyclic) bond motifs is 1. The number of anilines is 2. The van der Waals surface area contributed by atoms with Crippen molar-refractivity contribution in [2.45, 2.75) is 70.9 Å². The molecule has 0 unspecified atom stereocenters. The number of aryl methyl sites for hydroxylation is 1.